The highest BCUT2D eigenvalue weighted by molar-refractivity contribution is 9.10. The number of carbonyl (C=O) groups is 3. The molecule has 1 heterocycles. The zero-order valence-corrected chi connectivity index (χ0v) is 15.4. The number of halogens is 1. The second-order valence-corrected chi connectivity index (χ2v) is 6.93. The third-order valence-corrected chi connectivity index (χ3v) is 4.88. The van der Waals surface area contributed by atoms with Crippen molar-refractivity contribution in [2.75, 3.05) is 0 Å². The van der Waals surface area contributed by atoms with Crippen LogP contribution in [0.4, 0.5) is 0 Å². The number of allylic oxidation sites excluding steroid dienone is 3. The molecule has 1 N–H and O–H groups in total. The summed E-state index contributed by atoms with van der Waals surface area (Å²) in [7, 11) is 0. The van der Waals surface area contributed by atoms with Gasteiger partial charge in [0.25, 0.3) is 5.91 Å². The average molecular weight is 418 g/mol. The number of carbonyl (C=O) groups excluding carboxylic acids is 3. The zero-order chi connectivity index (χ0) is 18.0. The van der Waals surface area contributed by atoms with Gasteiger partial charge in [0, 0.05) is 27.3 Å². The van der Waals surface area contributed by atoms with Crippen LogP contribution >= 0.6 is 27.3 Å². The van der Waals surface area contributed by atoms with Crippen molar-refractivity contribution in [1.82, 2.24) is 9.99 Å². The molecule has 0 aliphatic heterocycles. The summed E-state index contributed by atoms with van der Waals surface area (Å²) in [6.07, 6.45) is 3.21. The lowest BCUT2D eigenvalue weighted by Crippen LogP contribution is -2.29. The van der Waals surface area contributed by atoms with Crippen LogP contribution in [0.2, 0.25) is 0 Å². The Hall–Kier alpha value is -2.58. The van der Waals surface area contributed by atoms with E-state index in [0.29, 0.717) is 4.80 Å². The lowest BCUT2D eigenvalue weighted by Gasteiger charge is -2.07. The molecule has 0 spiro atoms. The molecule has 1 aromatic carbocycles. The molecular formula is C17H12BrN3O3S. The van der Waals surface area contributed by atoms with Gasteiger partial charge in [-0.1, -0.05) is 15.9 Å². The first-order valence-electron chi connectivity index (χ1n) is 7.21. The molecule has 6 nitrogen and oxygen atoms in total. The fourth-order valence-electron chi connectivity index (χ4n) is 2.22. The van der Waals surface area contributed by atoms with Gasteiger partial charge in [-0.05, 0) is 43.3 Å². The maximum absolute atomic E-state index is 12.1. The number of nitrogens with one attached hydrogen (secondary N) is 1. The van der Waals surface area contributed by atoms with Gasteiger partial charge in [-0.3, -0.25) is 19.0 Å². The predicted molar refractivity (Wildman–Crippen MR) is 97.0 cm³/mol. The first-order chi connectivity index (χ1) is 12.0. The van der Waals surface area contributed by atoms with Gasteiger partial charge < -0.3 is 0 Å². The first kappa shape index (κ1) is 17.2. The molecule has 0 saturated carbocycles. The van der Waals surface area contributed by atoms with E-state index < -0.39 is 17.5 Å². The van der Waals surface area contributed by atoms with Crippen LogP contribution in [0.3, 0.4) is 0 Å². The maximum Gasteiger partial charge on any atom is 0.275 e. The van der Waals surface area contributed by atoms with Crippen LogP contribution in [0, 0.1) is 6.92 Å². The first-order valence-corrected chi connectivity index (χ1v) is 8.88. The molecule has 1 amide bonds. The molecule has 1 aromatic heterocycles. The number of hydrogen-bond acceptors (Lipinski definition) is 5. The van der Waals surface area contributed by atoms with E-state index in [1.54, 1.807) is 0 Å². The Morgan fingerprint density at radius 1 is 1.20 bits per heavy atom. The molecule has 0 atom stereocenters. The van der Waals surface area contributed by atoms with Crippen LogP contribution in [0.5, 0.6) is 0 Å². The molecule has 0 unspecified atom stereocenters. The number of hydrogen-bond donors (Lipinski definition) is 1. The standard InChI is InChI=1S/C17H12BrN3O3S/c1-10-9-25-17(21(10)12-4-2-11(18)3-5-12)20-19-16(24)14-8-13(22)6-7-15(14)23/h2-9H,1H3,(H,19,24)/b20-17+. The summed E-state index contributed by atoms with van der Waals surface area (Å²) in [5.41, 5.74) is 3.96. The van der Waals surface area contributed by atoms with Gasteiger partial charge in [-0.15, -0.1) is 16.4 Å². The van der Waals surface area contributed by atoms with Crippen molar-refractivity contribution in [3.05, 3.63) is 68.4 Å². The SMILES string of the molecule is Cc1cs/c(=N/NC(=O)C2=CC(=O)C=CC2=O)n1-c1ccc(Br)cc1. The largest absolute Gasteiger partial charge is 0.290 e. The Balaban J connectivity index is 1.90. The van der Waals surface area contributed by atoms with E-state index in [0.717, 1.165) is 34.1 Å². The highest BCUT2D eigenvalue weighted by atomic mass is 79.9. The summed E-state index contributed by atoms with van der Waals surface area (Å²) in [6.45, 7) is 1.93. The molecule has 0 fully saturated rings. The number of aryl methyl sites for hydroxylation is 1. The Morgan fingerprint density at radius 2 is 1.92 bits per heavy atom. The van der Waals surface area contributed by atoms with E-state index in [2.05, 4.69) is 26.5 Å². The van der Waals surface area contributed by atoms with Crippen molar-refractivity contribution >= 4 is 44.7 Å². The van der Waals surface area contributed by atoms with Gasteiger partial charge in [-0.2, -0.15) is 0 Å². The predicted octanol–water partition coefficient (Wildman–Crippen LogP) is 2.18. The molecule has 2 aromatic rings. The second-order valence-electron chi connectivity index (χ2n) is 5.18. The molecule has 3 rings (SSSR count). The van der Waals surface area contributed by atoms with E-state index in [-0.39, 0.29) is 5.57 Å². The van der Waals surface area contributed by atoms with Crippen molar-refractivity contribution in [1.29, 1.82) is 0 Å². The van der Waals surface area contributed by atoms with Gasteiger partial charge in [0.15, 0.2) is 11.6 Å². The minimum absolute atomic E-state index is 0.222. The monoisotopic (exact) mass is 417 g/mol. The summed E-state index contributed by atoms with van der Waals surface area (Å²) in [6, 6.07) is 7.65. The molecule has 0 saturated heterocycles. The number of nitrogens with zero attached hydrogens (tertiary/aromatic N) is 2. The van der Waals surface area contributed by atoms with Crippen molar-refractivity contribution in [2.45, 2.75) is 6.92 Å². The summed E-state index contributed by atoms with van der Waals surface area (Å²) in [4.78, 5) is 35.7. The van der Waals surface area contributed by atoms with Gasteiger partial charge in [-0.25, -0.2) is 5.43 Å². The smallest absolute Gasteiger partial charge is 0.275 e. The fourth-order valence-corrected chi connectivity index (χ4v) is 3.32. The molecule has 0 bridgehead atoms. The van der Waals surface area contributed by atoms with Crippen molar-refractivity contribution < 1.29 is 14.4 Å². The molecule has 25 heavy (non-hydrogen) atoms. The number of amides is 1. The van der Waals surface area contributed by atoms with Gasteiger partial charge in [0.2, 0.25) is 4.80 Å². The lowest BCUT2D eigenvalue weighted by atomic mass is 10.0. The third kappa shape index (κ3) is 3.75. The van der Waals surface area contributed by atoms with Crippen LogP contribution < -0.4 is 10.2 Å². The summed E-state index contributed by atoms with van der Waals surface area (Å²) < 4.78 is 2.83. The zero-order valence-electron chi connectivity index (χ0n) is 13.0. The van der Waals surface area contributed by atoms with E-state index in [1.165, 1.54) is 11.3 Å². The van der Waals surface area contributed by atoms with Crippen LogP contribution in [0.25, 0.3) is 5.69 Å². The highest BCUT2D eigenvalue weighted by Crippen LogP contribution is 2.15. The Bertz CT molecular complexity index is 997. The summed E-state index contributed by atoms with van der Waals surface area (Å²) in [5, 5.41) is 6.01. The maximum atomic E-state index is 12.1. The van der Waals surface area contributed by atoms with Crippen LogP contribution in [-0.4, -0.2) is 22.0 Å². The van der Waals surface area contributed by atoms with Crippen molar-refractivity contribution in [2.24, 2.45) is 5.10 Å². The molecular weight excluding hydrogens is 406 g/mol. The topological polar surface area (TPSA) is 80.5 Å². The Morgan fingerprint density at radius 3 is 2.64 bits per heavy atom. The minimum atomic E-state index is -0.712. The van der Waals surface area contributed by atoms with Crippen molar-refractivity contribution in [3.8, 4) is 5.69 Å². The van der Waals surface area contributed by atoms with Crippen LogP contribution in [0.15, 0.2) is 63.0 Å². The lowest BCUT2D eigenvalue weighted by molar-refractivity contribution is -0.122. The van der Waals surface area contributed by atoms with Gasteiger partial charge in [0.05, 0.1) is 5.57 Å². The van der Waals surface area contributed by atoms with Gasteiger partial charge in [0.1, 0.15) is 0 Å². The number of rotatable bonds is 3. The van der Waals surface area contributed by atoms with Crippen LogP contribution in [-0.2, 0) is 14.4 Å². The third-order valence-electron chi connectivity index (χ3n) is 3.41. The number of aromatic nitrogens is 1. The Kier molecular flexibility index (Phi) is 4.91. The summed E-state index contributed by atoms with van der Waals surface area (Å²) in [5.74, 6) is -1.63. The molecule has 8 heteroatoms. The van der Waals surface area contributed by atoms with E-state index >= 15 is 0 Å². The van der Waals surface area contributed by atoms with E-state index in [4.69, 9.17) is 0 Å². The fraction of sp³-hybridized carbons (Fsp3) is 0.0588. The van der Waals surface area contributed by atoms with Gasteiger partial charge >= 0.3 is 0 Å². The normalized spacial score (nSPS) is 14.6. The van der Waals surface area contributed by atoms with E-state index in [1.807, 2.05) is 41.1 Å². The highest BCUT2D eigenvalue weighted by Gasteiger charge is 2.20. The quantitative estimate of drug-likeness (QED) is 0.472. The molecule has 1 aliphatic carbocycles. The number of ketones is 2. The number of thiazole rings is 1. The van der Waals surface area contributed by atoms with Crippen molar-refractivity contribution in [3.63, 3.8) is 0 Å². The second kappa shape index (κ2) is 7.12. The van der Waals surface area contributed by atoms with E-state index in [9.17, 15) is 14.4 Å². The summed E-state index contributed by atoms with van der Waals surface area (Å²) >= 11 is 4.74. The minimum Gasteiger partial charge on any atom is -0.290 e. The number of benzene rings is 1. The molecule has 0 radical (unpaired) electrons. The molecule has 126 valence electrons. The molecule has 1 aliphatic rings. The average Bonchev–Trinajstić information content (AvgIpc) is 2.96. The van der Waals surface area contributed by atoms with Crippen LogP contribution in [0.1, 0.15) is 5.69 Å². The Labute approximate surface area is 155 Å².